The standard InChI is InChI=1S/C10H10BrNO3/c11-7-4-2-1-3-6(7)9(13)5-8(12)10(14)15/h1-4,8H,5,12H2,(H,14,15)/t8-/m0/s1. The number of rotatable bonds is 4. The van der Waals surface area contributed by atoms with Gasteiger partial charge in [-0.05, 0) is 6.07 Å². The Bertz CT molecular complexity index is 392. The van der Waals surface area contributed by atoms with E-state index in [9.17, 15) is 9.59 Å². The van der Waals surface area contributed by atoms with Crippen molar-refractivity contribution < 1.29 is 14.7 Å². The predicted octanol–water partition coefficient (Wildman–Crippen LogP) is 1.43. The minimum Gasteiger partial charge on any atom is -0.480 e. The van der Waals surface area contributed by atoms with Crippen LogP contribution in [0.25, 0.3) is 0 Å². The van der Waals surface area contributed by atoms with Crippen molar-refractivity contribution in [2.45, 2.75) is 12.5 Å². The number of hydrogen-bond acceptors (Lipinski definition) is 3. The Balaban J connectivity index is 2.78. The fourth-order valence-corrected chi connectivity index (χ4v) is 1.59. The molecule has 0 spiro atoms. The number of carbonyl (C=O) groups is 2. The van der Waals surface area contributed by atoms with Gasteiger partial charge in [0.25, 0.3) is 0 Å². The van der Waals surface area contributed by atoms with Crippen molar-refractivity contribution in [1.82, 2.24) is 0 Å². The average molecular weight is 272 g/mol. The van der Waals surface area contributed by atoms with Gasteiger partial charge in [-0.1, -0.05) is 34.1 Å². The van der Waals surface area contributed by atoms with Crippen molar-refractivity contribution in [3.63, 3.8) is 0 Å². The molecule has 0 saturated heterocycles. The number of ketones is 1. The second-order valence-corrected chi connectivity index (χ2v) is 3.91. The Morgan fingerprint density at radius 3 is 2.53 bits per heavy atom. The third kappa shape index (κ3) is 3.14. The summed E-state index contributed by atoms with van der Waals surface area (Å²) in [5.74, 6) is -1.45. The number of Topliss-reactive ketones (excluding diaryl/α,β-unsaturated/α-hetero) is 1. The van der Waals surface area contributed by atoms with Gasteiger partial charge in [0, 0.05) is 16.5 Å². The molecule has 0 heterocycles. The Morgan fingerprint density at radius 2 is 2.00 bits per heavy atom. The van der Waals surface area contributed by atoms with Gasteiger partial charge in [-0.25, -0.2) is 0 Å². The maximum absolute atomic E-state index is 11.6. The highest BCUT2D eigenvalue weighted by Gasteiger charge is 2.18. The van der Waals surface area contributed by atoms with Crippen LogP contribution in [0, 0.1) is 0 Å². The van der Waals surface area contributed by atoms with Crippen molar-refractivity contribution in [3.8, 4) is 0 Å². The van der Waals surface area contributed by atoms with E-state index in [-0.39, 0.29) is 12.2 Å². The van der Waals surface area contributed by atoms with Gasteiger partial charge in [0.05, 0.1) is 0 Å². The molecule has 0 fully saturated rings. The molecule has 15 heavy (non-hydrogen) atoms. The summed E-state index contributed by atoms with van der Waals surface area (Å²) in [7, 11) is 0. The van der Waals surface area contributed by atoms with Crippen LogP contribution in [-0.2, 0) is 4.79 Å². The van der Waals surface area contributed by atoms with Crippen LogP contribution in [0.5, 0.6) is 0 Å². The summed E-state index contributed by atoms with van der Waals surface area (Å²) >= 11 is 3.21. The highest BCUT2D eigenvalue weighted by Crippen LogP contribution is 2.17. The molecule has 0 unspecified atom stereocenters. The van der Waals surface area contributed by atoms with Crippen molar-refractivity contribution in [3.05, 3.63) is 34.3 Å². The van der Waals surface area contributed by atoms with Crippen molar-refractivity contribution in [2.75, 3.05) is 0 Å². The largest absolute Gasteiger partial charge is 0.480 e. The summed E-state index contributed by atoms with van der Waals surface area (Å²) in [6, 6.07) is 5.69. The second kappa shape index (κ2) is 5.04. The molecule has 0 aliphatic heterocycles. The van der Waals surface area contributed by atoms with Crippen LogP contribution >= 0.6 is 15.9 Å². The Labute approximate surface area is 95.2 Å². The molecule has 0 aliphatic rings. The molecule has 5 heteroatoms. The molecule has 0 aliphatic carbocycles. The van der Waals surface area contributed by atoms with Gasteiger partial charge in [0.1, 0.15) is 6.04 Å². The fraction of sp³-hybridized carbons (Fsp3) is 0.200. The van der Waals surface area contributed by atoms with Gasteiger partial charge in [-0.3, -0.25) is 9.59 Å². The second-order valence-electron chi connectivity index (χ2n) is 3.05. The van der Waals surface area contributed by atoms with Crippen LogP contribution in [0.15, 0.2) is 28.7 Å². The minimum absolute atomic E-state index is 0.196. The van der Waals surface area contributed by atoms with Crippen LogP contribution in [-0.4, -0.2) is 22.9 Å². The molecule has 0 bridgehead atoms. The number of carbonyl (C=O) groups excluding carboxylic acids is 1. The first kappa shape index (κ1) is 11.9. The fourth-order valence-electron chi connectivity index (χ4n) is 1.08. The summed E-state index contributed by atoms with van der Waals surface area (Å²) in [5, 5.41) is 8.56. The highest BCUT2D eigenvalue weighted by atomic mass is 79.9. The molecule has 80 valence electrons. The van der Waals surface area contributed by atoms with E-state index in [1.54, 1.807) is 24.3 Å². The lowest BCUT2D eigenvalue weighted by Crippen LogP contribution is -2.32. The molecule has 0 radical (unpaired) electrons. The zero-order chi connectivity index (χ0) is 11.4. The molecular formula is C10H10BrNO3. The highest BCUT2D eigenvalue weighted by molar-refractivity contribution is 9.10. The van der Waals surface area contributed by atoms with Gasteiger partial charge in [-0.15, -0.1) is 0 Å². The lowest BCUT2D eigenvalue weighted by molar-refractivity contribution is -0.138. The first-order chi connectivity index (χ1) is 7.02. The number of halogens is 1. The van der Waals surface area contributed by atoms with Crippen LogP contribution in [0.2, 0.25) is 0 Å². The van der Waals surface area contributed by atoms with E-state index >= 15 is 0 Å². The van der Waals surface area contributed by atoms with Gasteiger partial charge in [0.2, 0.25) is 0 Å². The normalized spacial score (nSPS) is 12.1. The number of carboxylic acids is 1. The molecule has 3 N–H and O–H groups in total. The smallest absolute Gasteiger partial charge is 0.320 e. The Morgan fingerprint density at radius 1 is 1.40 bits per heavy atom. The first-order valence-electron chi connectivity index (χ1n) is 4.28. The van der Waals surface area contributed by atoms with E-state index in [1.807, 2.05) is 0 Å². The Hall–Kier alpha value is -1.20. The van der Waals surface area contributed by atoms with Crippen LogP contribution in [0.3, 0.4) is 0 Å². The molecule has 1 aromatic carbocycles. The Kier molecular flexibility index (Phi) is 3.99. The number of benzene rings is 1. The summed E-state index contributed by atoms with van der Waals surface area (Å²) in [4.78, 5) is 22.1. The molecule has 4 nitrogen and oxygen atoms in total. The number of carboxylic acid groups (broad SMARTS) is 1. The van der Waals surface area contributed by atoms with Crippen LogP contribution in [0.4, 0.5) is 0 Å². The van der Waals surface area contributed by atoms with E-state index in [1.165, 1.54) is 0 Å². The SMILES string of the molecule is N[C@@H](CC(=O)c1ccccc1Br)C(=O)O. The minimum atomic E-state index is -1.17. The first-order valence-corrected chi connectivity index (χ1v) is 5.07. The zero-order valence-electron chi connectivity index (χ0n) is 7.81. The van der Waals surface area contributed by atoms with E-state index < -0.39 is 12.0 Å². The van der Waals surface area contributed by atoms with Gasteiger partial charge < -0.3 is 10.8 Å². The monoisotopic (exact) mass is 271 g/mol. The van der Waals surface area contributed by atoms with Gasteiger partial charge in [0.15, 0.2) is 5.78 Å². The summed E-state index contributed by atoms with van der Waals surface area (Å²) in [5.41, 5.74) is 5.72. The zero-order valence-corrected chi connectivity index (χ0v) is 9.40. The maximum atomic E-state index is 11.6. The van der Waals surface area contributed by atoms with Crippen LogP contribution < -0.4 is 5.73 Å². The number of nitrogens with two attached hydrogens (primary N) is 1. The lowest BCUT2D eigenvalue weighted by atomic mass is 10.0. The number of hydrogen-bond donors (Lipinski definition) is 2. The van der Waals surface area contributed by atoms with Gasteiger partial charge in [-0.2, -0.15) is 0 Å². The quantitative estimate of drug-likeness (QED) is 0.812. The third-order valence-electron chi connectivity index (χ3n) is 1.90. The van der Waals surface area contributed by atoms with Crippen LogP contribution in [0.1, 0.15) is 16.8 Å². The summed E-state index contributed by atoms with van der Waals surface area (Å²) < 4.78 is 0.646. The summed E-state index contributed by atoms with van der Waals surface area (Å²) in [6.45, 7) is 0. The van der Waals surface area contributed by atoms with Crippen molar-refractivity contribution in [1.29, 1.82) is 0 Å². The van der Waals surface area contributed by atoms with Gasteiger partial charge >= 0.3 is 5.97 Å². The molecule has 0 saturated carbocycles. The third-order valence-corrected chi connectivity index (χ3v) is 2.59. The van der Waals surface area contributed by atoms with E-state index in [4.69, 9.17) is 10.8 Å². The maximum Gasteiger partial charge on any atom is 0.320 e. The molecule has 1 rings (SSSR count). The molecule has 1 aromatic rings. The lowest BCUT2D eigenvalue weighted by Gasteiger charge is -2.06. The van der Waals surface area contributed by atoms with E-state index in [0.717, 1.165) is 0 Å². The van der Waals surface area contributed by atoms with Crippen molar-refractivity contribution in [2.24, 2.45) is 5.73 Å². The topological polar surface area (TPSA) is 80.4 Å². The van der Waals surface area contributed by atoms with E-state index in [0.29, 0.717) is 10.0 Å². The number of aliphatic carboxylic acids is 1. The molecular weight excluding hydrogens is 262 g/mol. The predicted molar refractivity (Wildman–Crippen MR) is 58.7 cm³/mol. The summed E-state index contributed by atoms with van der Waals surface area (Å²) in [6.07, 6.45) is -0.196. The van der Waals surface area contributed by atoms with E-state index in [2.05, 4.69) is 15.9 Å². The molecule has 0 amide bonds. The molecule has 0 aromatic heterocycles. The average Bonchev–Trinajstić information content (AvgIpc) is 2.18. The van der Waals surface area contributed by atoms with Crippen molar-refractivity contribution >= 4 is 27.7 Å². The molecule has 1 atom stereocenters.